The van der Waals surface area contributed by atoms with Gasteiger partial charge in [0, 0.05) is 18.3 Å². The van der Waals surface area contributed by atoms with Crippen molar-refractivity contribution in [1.82, 2.24) is 15.0 Å². The van der Waals surface area contributed by atoms with Crippen molar-refractivity contribution in [1.29, 1.82) is 0 Å². The topological polar surface area (TPSA) is 51.8 Å². The summed E-state index contributed by atoms with van der Waals surface area (Å²) in [6, 6.07) is 0. The average molecular weight is 163 g/mol. The van der Waals surface area contributed by atoms with E-state index in [0.29, 0.717) is 17.3 Å². The summed E-state index contributed by atoms with van der Waals surface area (Å²) in [5, 5.41) is 0. The van der Waals surface area contributed by atoms with Gasteiger partial charge >= 0.3 is 0 Å². The normalized spacial score (nSPS) is 11.2. The molecule has 0 fully saturated rings. The Morgan fingerprint density at radius 2 is 2.00 bits per heavy atom. The Morgan fingerprint density at radius 1 is 1.25 bits per heavy atom. The van der Waals surface area contributed by atoms with Crippen molar-refractivity contribution in [2.75, 3.05) is 0 Å². The number of rotatable bonds is 1. The summed E-state index contributed by atoms with van der Waals surface area (Å²) >= 11 is 0. The molecule has 0 aliphatic rings. The largest absolute Gasteiger partial charge is 0.421 e. The lowest BCUT2D eigenvalue weighted by atomic mass is 10.2. The van der Waals surface area contributed by atoms with Crippen LogP contribution in [0.15, 0.2) is 16.8 Å². The van der Waals surface area contributed by atoms with Gasteiger partial charge < -0.3 is 4.42 Å². The van der Waals surface area contributed by atoms with Crippen LogP contribution in [0.4, 0.5) is 0 Å². The fraction of sp³-hybridized carbons (Fsp3) is 0.375. The molecule has 0 atom stereocenters. The number of fused-ring (bicyclic) bond motifs is 1. The second kappa shape index (κ2) is 2.55. The average Bonchev–Trinajstić information content (AvgIpc) is 2.46. The van der Waals surface area contributed by atoms with Gasteiger partial charge in [-0.2, -0.15) is 4.98 Å². The van der Waals surface area contributed by atoms with Crippen molar-refractivity contribution in [2.24, 2.45) is 0 Å². The molecule has 0 aliphatic carbocycles. The van der Waals surface area contributed by atoms with Crippen molar-refractivity contribution < 1.29 is 4.42 Å². The second-order valence-corrected chi connectivity index (χ2v) is 2.89. The Hall–Kier alpha value is -1.45. The minimum Gasteiger partial charge on any atom is -0.421 e. The molecule has 0 unspecified atom stereocenters. The fourth-order valence-electron chi connectivity index (χ4n) is 0.940. The first-order valence-corrected chi connectivity index (χ1v) is 3.85. The van der Waals surface area contributed by atoms with E-state index >= 15 is 0 Å². The molecule has 4 heteroatoms. The molecule has 0 bridgehead atoms. The highest BCUT2D eigenvalue weighted by atomic mass is 16.4. The zero-order chi connectivity index (χ0) is 8.55. The molecule has 4 nitrogen and oxygen atoms in total. The maximum Gasteiger partial charge on any atom is 0.266 e. The van der Waals surface area contributed by atoms with Crippen LogP contribution in [0, 0.1) is 0 Å². The van der Waals surface area contributed by atoms with Gasteiger partial charge in [0.15, 0.2) is 0 Å². The molecule has 0 amide bonds. The maximum atomic E-state index is 5.34. The Labute approximate surface area is 69.7 Å². The fourth-order valence-corrected chi connectivity index (χ4v) is 0.940. The molecule has 0 aliphatic heterocycles. The second-order valence-electron chi connectivity index (χ2n) is 2.89. The molecule has 2 aromatic heterocycles. The van der Waals surface area contributed by atoms with Crippen molar-refractivity contribution in [3.8, 4) is 0 Å². The summed E-state index contributed by atoms with van der Waals surface area (Å²) in [5.41, 5.74) is 1.10. The Kier molecular flexibility index (Phi) is 1.53. The Bertz CT molecular complexity index is 361. The minimum atomic E-state index is 0.279. The van der Waals surface area contributed by atoms with E-state index in [-0.39, 0.29) is 5.92 Å². The molecule has 2 heterocycles. The van der Waals surface area contributed by atoms with E-state index in [0.717, 1.165) is 0 Å². The smallest absolute Gasteiger partial charge is 0.266 e. The van der Waals surface area contributed by atoms with Crippen molar-refractivity contribution in [2.45, 2.75) is 19.8 Å². The lowest BCUT2D eigenvalue weighted by Crippen LogP contribution is -1.85. The lowest BCUT2D eigenvalue weighted by molar-refractivity contribution is 0.494. The Morgan fingerprint density at radius 3 is 2.67 bits per heavy atom. The van der Waals surface area contributed by atoms with E-state index in [1.807, 2.05) is 13.8 Å². The van der Waals surface area contributed by atoms with Crippen LogP contribution in [-0.4, -0.2) is 15.0 Å². The summed E-state index contributed by atoms with van der Waals surface area (Å²) in [6.45, 7) is 4.04. The monoisotopic (exact) mass is 163 g/mol. The molecular weight excluding hydrogens is 154 g/mol. The predicted octanol–water partition coefficient (Wildman–Crippen LogP) is 1.74. The quantitative estimate of drug-likeness (QED) is 0.642. The van der Waals surface area contributed by atoms with Crippen molar-refractivity contribution in [3.05, 3.63) is 18.3 Å². The van der Waals surface area contributed by atoms with Gasteiger partial charge in [-0.15, -0.1) is 0 Å². The molecule has 0 N–H and O–H groups in total. The van der Waals surface area contributed by atoms with E-state index in [2.05, 4.69) is 15.0 Å². The molecule has 0 radical (unpaired) electrons. The van der Waals surface area contributed by atoms with Gasteiger partial charge in [-0.05, 0) is 0 Å². The molecule has 2 rings (SSSR count). The molecule has 62 valence electrons. The highest BCUT2D eigenvalue weighted by Gasteiger charge is 2.09. The molecular formula is C8H9N3O. The first-order valence-electron chi connectivity index (χ1n) is 3.85. The third-order valence-corrected chi connectivity index (χ3v) is 1.56. The van der Waals surface area contributed by atoms with Gasteiger partial charge in [0.25, 0.3) is 5.71 Å². The van der Waals surface area contributed by atoms with Gasteiger partial charge in [0.1, 0.15) is 0 Å². The van der Waals surface area contributed by atoms with E-state index in [9.17, 15) is 0 Å². The minimum absolute atomic E-state index is 0.279. The number of nitrogens with zero attached hydrogens (tertiary/aromatic N) is 3. The SMILES string of the molecule is CC(C)c1nc2nccnc2o1. The van der Waals surface area contributed by atoms with Gasteiger partial charge in [-0.1, -0.05) is 13.8 Å². The van der Waals surface area contributed by atoms with Gasteiger partial charge in [0.2, 0.25) is 11.5 Å². The van der Waals surface area contributed by atoms with Crippen LogP contribution in [0.1, 0.15) is 25.7 Å². The summed E-state index contributed by atoms with van der Waals surface area (Å²) in [4.78, 5) is 12.2. The molecule has 0 spiro atoms. The van der Waals surface area contributed by atoms with E-state index in [1.165, 1.54) is 0 Å². The molecule has 0 aromatic carbocycles. The van der Waals surface area contributed by atoms with Crippen LogP contribution in [0.5, 0.6) is 0 Å². The van der Waals surface area contributed by atoms with Gasteiger partial charge in [0.05, 0.1) is 0 Å². The van der Waals surface area contributed by atoms with Crippen molar-refractivity contribution in [3.63, 3.8) is 0 Å². The summed E-state index contributed by atoms with van der Waals surface area (Å²) in [6.07, 6.45) is 3.20. The summed E-state index contributed by atoms with van der Waals surface area (Å²) in [7, 11) is 0. The first-order chi connectivity index (χ1) is 5.77. The van der Waals surface area contributed by atoms with Crippen molar-refractivity contribution >= 4 is 11.4 Å². The number of hydrogen-bond donors (Lipinski definition) is 0. The van der Waals surface area contributed by atoms with Crippen LogP contribution in [-0.2, 0) is 0 Å². The predicted molar refractivity (Wildman–Crippen MR) is 43.7 cm³/mol. The molecule has 12 heavy (non-hydrogen) atoms. The lowest BCUT2D eigenvalue weighted by Gasteiger charge is -1.92. The third-order valence-electron chi connectivity index (χ3n) is 1.56. The molecule has 0 saturated heterocycles. The zero-order valence-corrected chi connectivity index (χ0v) is 6.98. The highest BCUT2D eigenvalue weighted by molar-refractivity contribution is 5.61. The third kappa shape index (κ3) is 1.05. The standard InChI is InChI=1S/C8H9N3O/c1-5(2)7-11-6-8(12-7)10-4-3-9-6/h3-5H,1-2H3. The first kappa shape index (κ1) is 7.21. The van der Waals surface area contributed by atoms with Crippen LogP contribution in [0.25, 0.3) is 11.4 Å². The summed E-state index contributed by atoms with van der Waals surface area (Å²) in [5.74, 6) is 0.970. The van der Waals surface area contributed by atoms with Crippen LogP contribution >= 0.6 is 0 Å². The number of hydrogen-bond acceptors (Lipinski definition) is 4. The van der Waals surface area contributed by atoms with Crippen LogP contribution in [0.3, 0.4) is 0 Å². The summed E-state index contributed by atoms with van der Waals surface area (Å²) < 4.78 is 5.34. The van der Waals surface area contributed by atoms with Gasteiger partial charge in [-0.25, -0.2) is 9.97 Å². The highest BCUT2D eigenvalue weighted by Crippen LogP contribution is 2.16. The van der Waals surface area contributed by atoms with Crippen LogP contribution < -0.4 is 0 Å². The van der Waals surface area contributed by atoms with E-state index in [4.69, 9.17) is 4.42 Å². The zero-order valence-electron chi connectivity index (χ0n) is 6.98. The van der Waals surface area contributed by atoms with Crippen LogP contribution in [0.2, 0.25) is 0 Å². The van der Waals surface area contributed by atoms with Gasteiger partial charge in [-0.3, -0.25) is 0 Å². The van der Waals surface area contributed by atoms with E-state index in [1.54, 1.807) is 12.4 Å². The molecule has 0 saturated carbocycles. The Balaban J connectivity index is 2.62. The number of oxazole rings is 1. The molecule has 2 aromatic rings. The maximum absolute atomic E-state index is 5.34. The van der Waals surface area contributed by atoms with E-state index < -0.39 is 0 Å². The number of aromatic nitrogens is 3.